The molecule has 3 heterocycles. The summed E-state index contributed by atoms with van der Waals surface area (Å²) in [4.78, 5) is 17.3. The number of nitrogens with two attached hydrogens (primary N) is 1. The number of rotatable bonds is 3. The Morgan fingerprint density at radius 1 is 1.16 bits per heavy atom. The van der Waals surface area contributed by atoms with Crippen LogP contribution in [0.5, 0.6) is 0 Å². The lowest BCUT2D eigenvalue weighted by Crippen LogP contribution is -2.11. The standard InChI is InChI=1S/C23H20N6O2/c1-11-19(12(2)31-28-11)14-9-17(20-15-5-3-4-6-16(15)23(30)27-26-20)21-18(10-14)29(24)22(25-21)13-7-8-13/h3-6,9-10,13H,7-8,24H2,1-2H3,(H,27,30). The fourth-order valence-electron chi connectivity index (χ4n) is 4.38. The van der Waals surface area contributed by atoms with E-state index in [1.54, 1.807) is 10.7 Å². The Labute approximate surface area is 176 Å². The van der Waals surface area contributed by atoms with Gasteiger partial charge in [-0.15, -0.1) is 0 Å². The Kier molecular flexibility index (Phi) is 3.62. The highest BCUT2D eigenvalue weighted by molar-refractivity contribution is 6.03. The van der Waals surface area contributed by atoms with Crippen molar-refractivity contribution in [2.75, 3.05) is 5.84 Å². The van der Waals surface area contributed by atoms with Crippen molar-refractivity contribution in [3.8, 4) is 22.4 Å². The second-order valence-electron chi connectivity index (χ2n) is 8.15. The zero-order valence-corrected chi connectivity index (χ0v) is 17.1. The lowest BCUT2D eigenvalue weighted by Gasteiger charge is -2.09. The Hall–Kier alpha value is -3.94. The summed E-state index contributed by atoms with van der Waals surface area (Å²) in [5, 5.41) is 12.5. The Morgan fingerprint density at radius 2 is 1.94 bits per heavy atom. The van der Waals surface area contributed by atoms with Crippen LogP contribution in [-0.4, -0.2) is 25.0 Å². The van der Waals surface area contributed by atoms with Crippen LogP contribution in [0.2, 0.25) is 0 Å². The quantitative estimate of drug-likeness (QED) is 0.436. The molecule has 1 aliphatic rings. The minimum atomic E-state index is -0.222. The van der Waals surface area contributed by atoms with Gasteiger partial charge in [-0.3, -0.25) is 4.79 Å². The first kappa shape index (κ1) is 17.9. The summed E-state index contributed by atoms with van der Waals surface area (Å²) in [5.74, 6) is 8.49. The summed E-state index contributed by atoms with van der Waals surface area (Å²) in [6, 6.07) is 11.5. The number of imidazole rings is 1. The molecule has 0 saturated heterocycles. The SMILES string of the molecule is Cc1noc(C)c1-c1cc(-c2n[nH]c(=O)c3ccccc23)c2nc(C3CC3)n(N)c2c1. The van der Waals surface area contributed by atoms with Crippen molar-refractivity contribution in [3.63, 3.8) is 0 Å². The van der Waals surface area contributed by atoms with E-state index in [-0.39, 0.29) is 5.56 Å². The van der Waals surface area contributed by atoms with E-state index in [0.717, 1.165) is 63.2 Å². The molecule has 154 valence electrons. The van der Waals surface area contributed by atoms with E-state index < -0.39 is 0 Å². The largest absolute Gasteiger partial charge is 0.361 e. The average Bonchev–Trinajstić information content (AvgIpc) is 3.49. The molecule has 0 aliphatic heterocycles. The molecular formula is C23H20N6O2. The molecule has 0 amide bonds. The fraction of sp³-hybridized carbons (Fsp3) is 0.217. The molecule has 5 aromatic rings. The number of benzene rings is 2. The zero-order chi connectivity index (χ0) is 21.3. The van der Waals surface area contributed by atoms with E-state index in [0.29, 0.717) is 17.0 Å². The zero-order valence-electron chi connectivity index (χ0n) is 17.1. The normalized spacial score (nSPS) is 14.0. The summed E-state index contributed by atoms with van der Waals surface area (Å²) < 4.78 is 7.10. The van der Waals surface area contributed by atoms with Gasteiger partial charge >= 0.3 is 0 Å². The lowest BCUT2D eigenvalue weighted by atomic mass is 9.97. The number of nitrogens with one attached hydrogen (secondary N) is 1. The van der Waals surface area contributed by atoms with Crippen molar-refractivity contribution in [1.29, 1.82) is 0 Å². The van der Waals surface area contributed by atoms with E-state index in [2.05, 4.69) is 15.4 Å². The highest BCUT2D eigenvalue weighted by Crippen LogP contribution is 2.43. The van der Waals surface area contributed by atoms with Gasteiger partial charge in [0.2, 0.25) is 0 Å². The number of aryl methyl sites for hydroxylation is 2. The maximum absolute atomic E-state index is 12.3. The number of hydrogen-bond donors (Lipinski definition) is 2. The molecule has 8 heteroatoms. The van der Waals surface area contributed by atoms with Crippen LogP contribution < -0.4 is 11.4 Å². The summed E-state index contributed by atoms with van der Waals surface area (Å²) in [6.45, 7) is 3.81. The van der Waals surface area contributed by atoms with Crippen molar-refractivity contribution < 1.29 is 4.52 Å². The van der Waals surface area contributed by atoms with Gasteiger partial charge in [-0.1, -0.05) is 23.4 Å². The van der Waals surface area contributed by atoms with Gasteiger partial charge in [0.15, 0.2) is 0 Å². The molecule has 2 aromatic carbocycles. The first-order valence-electron chi connectivity index (χ1n) is 10.3. The van der Waals surface area contributed by atoms with Gasteiger partial charge in [0, 0.05) is 22.4 Å². The number of nitrogens with zero attached hydrogens (tertiary/aromatic N) is 4. The van der Waals surface area contributed by atoms with Crippen molar-refractivity contribution in [1.82, 2.24) is 25.0 Å². The van der Waals surface area contributed by atoms with E-state index in [1.807, 2.05) is 44.2 Å². The molecule has 3 N–H and O–H groups in total. The molecule has 1 aliphatic carbocycles. The first-order valence-corrected chi connectivity index (χ1v) is 10.3. The maximum Gasteiger partial charge on any atom is 0.272 e. The highest BCUT2D eigenvalue weighted by Gasteiger charge is 2.30. The number of aromatic nitrogens is 5. The summed E-state index contributed by atoms with van der Waals surface area (Å²) in [7, 11) is 0. The summed E-state index contributed by atoms with van der Waals surface area (Å²) in [6.07, 6.45) is 2.18. The van der Waals surface area contributed by atoms with Gasteiger partial charge in [-0.05, 0) is 50.5 Å². The summed E-state index contributed by atoms with van der Waals surface area (Å²) in [5.41, 5.74) is 5.47. The van der Waals surface area contributed by atoms with Crippen LogP contribution in [-0.2, 0) is 0 Å². The van der Waals surface area contributed by atoms with Crippen LogP contribution in [0.4, 0.5) is 0 Å². The first-order chi connectivity index (χ1) is 15.0. The van der Waals surface area contributed by atoms with Gasteiger partial charge < -0.3 is 10.4 Å². The van der Waals surface area contributed by atoms with Crippen LogP contribution >= 0.6 is 0 Å². The Balaban J connectivity index is 1.74. The number of H-pyrrole nitrogens is 1. The number of nitrogen functional groups attached to an aromatic ring is 1. The van der Waals surface area contributed by atoms with E-state index in [1.165, 1.54) is 0 Å². The van der Waals surface area contributed by atoms with Crippen molar-refractivity contribution >= 4 is 21.8 Å². The van der Waals surface area contributed by atoms with Crippen molar-refractivity contribution in [2.45, 2.75) is 32.6 Å². The topological polar surface area (TPSA) is 116 Å². The molecule has 0 radical (unpaired) electrons. The average molecular weight is 412 g/mol. The van der Waals surface area contributed by atoms with Gasteiger partial charge in [0.1, 0.15) is 22.8 Å². The van der Waals surface area contributed by atoms with Crippen LogP contribution in [0.1, 0.15) is 36.0 Å². The van der Waals surface area contributed by atoms with Gasteiger partial charge in [-0.2, -0.15) is 5.10 Å². The fourth-order valence-corrected chi connectivity index (χ4v) is 4.38. The molecule has 6 rings (SSSR count). The molecule has 0 bridgehead atoms. The third-order valence-electron chi connectivity index (χ3n) is 6.04. The Morgan fingerprint density at radius 3 is 2.65 bits per heavy atom. The third kappa shape index (κ3) is 2.61. The molecule has 1 fully saturated rings. The molecule has 8 nitrogen and oxygen atoms in total. The third-order valence-corrected chi connectivity index (χ3v) is 6.04. The van der Waals surface area contributed by atoms with Crippen LogP contribution in [0.3, 0.4) is 0 Å². The number of hydrogen-bond acceptors (Lipinski definition) is 6. The highest BCUT2D eigenvalue weighted by atomic mass is 16.5. The molecule has 1 saturated carbocycles. The predicted molar refractivity (Wildman–Crippen MR) is 118 cm³/mol. The molecule has 3 aromatic heterocycles. The minimum Gasteiger partial charge on any atom is -0.361 e. The molecule has 0 atom stereocenters. The molecular weight excluding hydrogens is 392 g/mol. The Bertz CT molecular complexity index is 1530. The number of fused-ring (bicyclic) bond motifs is 2. The van der Waals surface area contributed by atoms with Gasteiger partial charge in [0.05, 0.1) is 16.6 Å². The van der Waals surface area contributed by atoms with Crippen LogP contribution in [0, 0.1) is 13.8 Å². The van der Waals surface area contributed by atoms with E-state index in [4.69, 9.17) is 15.3 Å². The molecule has 31 heavy (non-hydrogen) atoms. The van der Waals surface area contributed by atoms with Crippen molar-refractivity contribution in [2.24, 2.45) is 0 Å². The number of aromatic amines is 1. The van der Waals surface area contributed by atoms with Crippen LogP contribution in [0.25, 0.3) is 44.2 Å². The lowest BCUT2D eigenvalue weighted by molar-refractivity contribution is 0.393. The van der Waals surface area contributed by atoms with Crippen LogP contribution in [0.15, 0.2) is 45.7 Å². The molecule has 0 unspecified atom stereocenters. The second kappa shape index (κ2) is 6.28. The van der Waals surface area contributed by atoms with Gasteiger partial charge in [-0.25, -0.2) is 14.8 Å². The predicted octanol–water partition coefficient (Wildman–Crippen LogP) is 3.80. The van der Waals surface area contributed by atoms with E-state index >= 15 is 0 Å². The molecule has 0 spiro atoms. The maximum atomic E-state index is 12.3. The smallest absolute Gasteiger partial charge is 0.272 e. The van der Waals surface area contributed by atoms with E-state index in [9.17, 15) is 4.79 Å². The second-order valence-corrected chi connectivity index (χ2v) is 8.15. The monoisotopic (exact) mass is 412 g/mol. The summed E-state index contributed by atoms with van der Waals surface area (Å²) >= 11 is 0. The minimum absolute atomic E-state index is 0.222. The van der Waals surface area contributed by atoms with Crippen molar-refractivity contribution in [3.05, 3.63) is 64.0 Å². The van der Waals surface area contributed by atoms with Gasteiger partial charge in [0.25, 0.3) is 5.56 Å².